The van der Waals surface area contributed by atoms with Gasteiger partial charge in [-0.05, 0) is 27.2 Å². The molecule has 0 rings (SSSR count). The molecule has 0 bridgehead atoms. The molecule has 16 heavy (non-hydrogen) atoms. The van der Waals surface area contributed by atoms with E-state index >= 15 is 0 Å². The highest BCUT2D eigenvalue weighted by Gasteiger charge is 2.24. The van der Waals surface area contributed by atoms with Crippen LogP contribution in [0.25, 0.3) is 0 Å². The van der Waals surface area contributed by atoms with Crippen LogP contribution in [0.4, 0.5) is 0 Å². The second-order valence-electron chi connectivity index (χ2n) is 4.40. The van der Waals surface area contributed by atoms with Gasteiger partial charge in [0.15, 0.2) is 0 Å². The molecule has 0 fully saturated rings. The molecule has 5 nitrogen and oxygen atoms in total. The maximum absolute atomic E-state index is 11.3. The van der Waals surface area contributed by atoms with Gasteiger partial charge in [0.1, 0.15) is 6.04 Å². The molecule has 0 aliphatic rings. The smallest absolute Gasteiger partial charge is 0.322 e. The van der Waals surface area contributed by atoms with Gasteiger partial charge in [-0.2, -0.15) is 0 Å². The van der Waals surface area contributed by atoms with Crippen LogP contribution in [0.2, 0.25) is 0 Å². The lowest BCUT2D eigenvalue weighted by Gasteiger charge is -2.26. The van der Waals surface area contributed by atoms with Crippen molar-refractivity contribution in [2.24, 2.45) is 0 Å². The van der Waals surface area contributed by atoms with E-state index in [2.05, 4.69) is 10.1 Å². The quantitative estimate of drug-likeness (QED) is 0.720. The summed E-state index contributed by atoms with van der Waals surface area (Å²) in [6.07, 6.45) is 0.183. The molecule has 0 saturated heterocycles. The van der Waals surface area contributed by atoms with Gasteiger partial charge in [0, 0.05) is 12.0 Å². The van der Waals surface area contributed by atoms with Gasteiger partial charge >= 0.3 is 11.9 Å². The van der Waals surface area contributed by atoms with Crippen LogP contribution in [-0.2, 0) is 14.3 Å². The van der Waals surface area contributed by atoms with E-state index in [1.165, 1.54) is 7.11 Å². The van der Waals surface area contributed by atoms with Crippen LogP contribution in [-0.4, -0.2) is 35.7 Å². The van der Waals surface area contributed by atoms with Gasteiger partial charge in [0.05, 0.1) is 7.11 Å². The first-order chi connectivity index (χ1) is 6.76. The van der Waals surface area contributed by atoms with Gasteiger partial charge in [0.2, 0.25) is 0 Å². The molecule has 96 valence electrons. The molecule has 0 aromatic heterocycles. The monoisotopic (exact) mass is 253 g/mol. The summed E-state index contributed by atoms with van der Waals surface area (Å²) < 4.78 is 4.60. The first-order valence-corrected chi connectivity index (χ1v) is 4.83. The molecule has 0 spiro atoms. The highest BCUT2D eigenvalue weighted by molar-refractivity contribution is 5.85. The molecule has 6 heteroatoms. The average molecular weight is 254 g/mol. The maximum atomic E-state index is 11.3. The zero-order chi connectivity index (χ0) is 12.1. The zero-order valence-corrected chi connectivity index (χ0v) is 10.9. The minimum atomic E-state index is -0.917. The number of carbonyl (C=O) groups is 2. The third kappa shape index (κ3) is 8.49. The van der Waals surface area contributed by atoms with Crippen molar-refractivity contribution in [2.75, 3.05) is 7.11 Å². The van der Waals surface area contributed by atoms with Crippen molar-refractivity contribution in [3.8, 4) is 0 Å². The lowest BCUT2D eigenvalue weighted by molar-refractivity contribution is -0.144. The SMILES string of the molecule is COC(=O)[C@H](CCC(=O)O)NC(C)(C)C.Cl. The van der Waals surface area contributed by atoms with E-state index < -0.39 is 18.0 Å². The summed E-state index contributed by atoms with van der Waals surface area (Å²) in [6, 6.07) is -0.564. The predicted molar refractivity (Wildman–Crippen MR) is 62.8 cm³/mol. The fourth-order valence-electron chi connectivity index (χ4n) is 1.18. The highest BCUT2D eigenvalue weighted by atomic mass is 35.5. The van der Waals surface area contributed by atoms with E-state index in [0.717, 1.165) is 0 Å². The molecule has 0 aromatic rings. The molecule has 0 aromatic carbocycles. The minimum Gasteiger partial charge on any atom is -0.481 e. The van der Waals surface area contributed by atoms with E-state index in [1.54, 1.807) is 0 Å². The van der Waals surface area contributed by atoms with E-state index in [9.17, 15) is 9.59 Å². The molecule has 0 radical (unpaired) electrons. The third-order valence-corrected chi connectivity index (χ3v) is 1.74. The van der Waals surface area contributed by atoms with E-state index in [-0.39, 0.29) is 30.8 Å². The van der Waals surface area contributed by atoms with Crippen LogP contribution < -0.4 is 5.32 Å². The number of carbonyl (C=O) groups excluding carboxylic acids is 1. The number of aliphatic carboxylic acids is 1. The molecule has 0 unspecified atom stereocenters. The average Bonchev–Trinajstić information content (AvgIpc) is 2.08. The van der Waals surface area contributed by atoms with Crippen LogP contribution >= 0.6 is 12.4 Å². The molecule has 0 saturated carbocycles. The second-order valence-corrected chi connectivity index (χ2v) is 4.40. The van der Waals surface area contributed by atoms with Crippen LogP contribution in [0, 0.1) is 0 Å². The molecule has 0 aliphatic carbocycles. The van der Waals surface area contributed by atoms with E-state index in [0.29, 0.717) is 0 Å². The van der Waals surface area contributed by atoms with Gasteiger partial charge < -0.3 is 9.84 Å². The fourth-order valence-corrected chi connectivity index (χ4v) is 1.18. The van der Waals surface area contributed by atoms with E-state index in [1.807, 2.05) is 20.8 Å². The Morgan fingerprint density at radius 1 is 1.38 bits per heavy atom. The molecule has 0 aliphatic heterocycles. The van der Waals surface area contributed by atoms with Gasteiger partial charge in [-0.1, -0.05) is 0 Å². The number of esters is 1. The summed E-state index contributed by atoms with van der Waals surface area (Å²) in [5.74, 6) is -1.34. The van der Waals surface area contributed by atoms with Crippen molar-refractivity contribution in [1.29, 1.82) is 0 Å². The fraction of sp³-hybridized carbons (Fsp3) is 0.800. The number of hydrogen-bond acceptors (Lipinski definition) is 4. The number of rotatable bonds is 5. The normalized spacial score (nSPS) is 12.5. The van der Waals surface area contributed by atoms with Crippen LogP contribution in [0.3, 0.4) is 0 Å². The Labute approximate surface area is 102 Å². The summed E-state index contributed by atoms with van der Waals surface area (Å²) in [4.78, 5) is 21.7. The first-order valence-electron chi connectivity index (χ1n) is 4.83. The number of ether oxygens (including phenoxy) is 1. The number of hydrogen-bond donors (Lipinski definition) is 2. The number of methoxy groups -OCH3 is 1. The summed E-state index contributed by atoms with van der Waals surface area (Å²) in [6.45, 7) is 5.72. The Morgan fingerprint density at radius 2 is 1.88 bits per heavy atom. The lowest BCUT2D eigenvalue weighted by atomic mass is 10.0. The summed E-state index contributed by atoms with van der Waals surface area (Å²) in [5.41, 5.74) is -0.253. The molecular weight excluding hydrogens is 234 g/mol. The van der Waals surface area contributed by atoms with Crippen LogP contribution in [0.15, 0.2) is 0 Å². The first kappa shape index (κ1) is 17.6. The molecule has 0 heterocycles. The van der Waals surface area contributed by atoms with Crippen molar-refractivity contribution in [1.82, 2.24) is 5.32 Å². The van der Waals surface area contributed by atoms with Gasteiger partial charge in [-0.15, -0.1) is 12.4 Å². The number of carboxylic acid groups (broad SMARTS) is 1. The van der Waals surface area contributed by atoms with Crippen molar-refractivity contribution in [2.45, 2.75) is 45.2 Å². The largest absolute Gasteiger partial charge is 0.481 e. The second kappa shape index (κ2) is 7.46. The highest BCUT2D eigenvalue weighted by Crippen LogP contribution is 2.07. The molecule has 2 N–H and O–H groups in total. The van der Waals surface area contributed by atoms with Crippen molar-refractivity contribution < 1.29 is 19.4 Å². The topological polar surface area (TPSA) is 75.6 Å². The minimum absolute atomic E-state index is 0. The van der Waals surface area contributed by atoms with E-state index in [4.69, 9.17) is 5.11 Å². The summed E-state index contributed by atoms with van der Waals surface area (Å²) in [5, 5.41) is 11.6. The summed E-state index contributed by atoms with van der Waals surface area (Å²) >= 11 is 0. The van der Waals surface area contributed by atoms with Gasteiger partial charge in [0.25, 0.3) is 0 Å². The van der Waals surface area contributed by atoms with Crippen molar-refractivity contribution in [3.63, 3.8) is 0 Å². The number of carboxylic acids is 1. The maximum Gasteiger partial charge on any atom is 0.322 e. The van der Waals surface area contributed by atoms with Gasteiger partial charge in [-0.3, -0.25) is 14.9 Å². The number of nitrogens with one attached hydrogen (secondary N) is 1. The van der Waals surface area contributed by atoms with Crippen molar-refractivity contribution >= 4 is 24.3 Å². The zero-order valence-electron chi connectivity index (χ0n) is 10.1. The Kier molecular flexibility index (Phi) is 8.20. The standard InChI is InChI=1S/C10H19NO4.ClH/c1-10(2,3)11-7(9(14)15-4)5-6-8(12)13;/h7,11H,5-6H2,1-4H3,(H,12,13);1H/t7-;/m0./s1. The number of halogens is 1. The van der Waals surface area contributed by atoms with Crippen molar-refractivity contribution in [3.05, 3.63) is 0 Å². The Morgan fingerprint density at radius 3 is 2.19 bits per heavy atom. The Bertz CT molecular complexity index is 237. The third-order valence-electron chi connectivity index (χ3n) is 1.74. The Balaban J connectivity index is 0. The van der Waals surface area contributed by atoms with Crippen LogP contribution in [0.1, 0.15) is 33.6 Å². The van der Waals surface area contributed by atoms with Gasteiger partial charge in [-0.25, -0.2) is 0 Å². The summed E-state index contributed by atoms with van der Waals surface area (Å²) in [7, 11) is 1.29. The Hall–Kier alpha value is -0.810. The lowest BCUT2D eigenvalue weighted by Crippen LogP contribution is -2.48. The molecule has 0 amide bonds. The predicted octanol–water partition coefficient (Wildman–Crippen LogP) is 1.20. The molecule has 1 atom stereocenters. The molecular formula is C10H20ClNO4. The van der Waals surface area contributed by atoms with Crippen LogP contribution in [0.5, 0.6) is 0 Å².